The van der Waals surface area contributed by atoms with Crippen molar-refractivity contribution in [1.29, 1.82) is 0 Å². The average Bonchev–Trinajstić information content (AvgIpc) is 2.09. The number of ether oxygens (including phenoxy) is 1. The third-order valence-electron chi connectivity index (χ3n) is 1.94. The van der Waals surface area contributed by atoms with Crippen molar-refractivity contribution in [3.8, 4) is 0 Å². The summed E-state index contributed by atoms with van der Waals surface area (Å²) in [4.78, 5) is 0. The molecule has 0 aromatic carbocycles. The van der Waals surface area contributed by atoms with Crippen LogP contribution >= 0.6 is 0 Å². The lowest BCUT2D eigenvalue weighted by Gasteiger charge is -2.20. The fourth-order valence-corrected chi connectivity index (χ4v) is 1.18. The molecule has 1 aliphatic heterocycles. The normalized spacial score (nSPS) is 22.8. The Bertz CT molecular complexity index is 209. The Hall–Kier alpha value is -0.800. The van der Waals surface area contributed by atoms with E-state index in [0.717, 1.165) is 11.1 Å². The second-order valence-electron chi connectivity index (χ2n) is 2.92. The van der Waals surface area contributed by atoms with Crippen LogP contribution in [0.1, 0.15) is 6.92 Å². The minimum atomic E-state index is 0.106. The molecule has 0 fully saturated rings. The second kappa shape index (κ2) is 4.28. The van der Waals surface area contributed by atoms with Gasteiger partial charge in [0, 0.05) is 19.4 Å². The van der Waals surface area contributed by atoms with Crippen LogP contribution in [0.2, 0.25) is 0 Å². The molecule has 3 heteroatoms. The van der Waals surface area contributed by atoms with Crippen molar-refractivity contribution in [3.05, 3.63) is 23.4 Å². The summed E-state index contributed by atoms with van der Waals surface area (Å²) in [7, 11) is 1.66. The van der Waals surface area contributed by atoms with Crippen molar-refractivity contribution in [2.24, 2.45) is 0 Å². The second-order valence-corrected chi connectivity index (χ2v) is 2.92. The van der Waals surface area contributed by atoms with Gasteiger partial charge in [-0.15, -0.1) is 0 Å². The molecule has 12 heavy (non-hydrogen) atoms. The largest absolute Gasteiger partial charge is 0.392 e. The Morgan fingerprint density at radius 3 is 3.00 bits per heavy atom. The molecule has 0 aliphatic carbocycles. The highest BCUT2D eigenvalue weighted by Gasteiger charge is 2.10. The predicted octanol–water partition coefficient (Wildman–Crippen LogP) is 0.427. The molecule has 0 saturated heterocycles. The van der Waals surface area contributed by atoms with Gasteiger partial charge in [0.15, 0.2) is 0 Å². The van der Waals surface area contributed by atoms with Gasteiger partial charge < -0.3 is 15.2 Å². The van der Waals surface area contributed by atoms with E-state index in [0.29, 0.717) is 6.61 Å². The van der Waals surface area contributed by atoms with Gasteiger partial charge in [-0.2, -0.15) is 0 Å². The molecule has 0 aromatic rings. The summed E-state index contributed by atoms with van der Waals surface area (Å²) in [5, 5.41) is 12.1. The van der Waals surface area contributed by atoms with Crippen LogP contribution < -0.4 is 5.32 Å². The number of hydrogen-bond donors (Lipinski definition) is 2. The average molecular weight is 169 g/mol. The third-order valence-corrected chi connectivity index (χ3v) is 1.94. The van der Waals surface area contributed by atoms with Crippen molar-refractivity contribution >= 4 is 0 Å². The van der Waals surface area contributed by atoms with Gasteiger partial charge in [0.25, 0.3) is 0 Å². The van der Waals surface area contributed by atoms with Crippen molar-refractivity contribution in [2.75, 3.05) is 20.3 Å². The number of aliphatic hydroxyl groups is 1. The highest BCUT2D eigenvalue weighted by atomic mass is 16.5. The van der Waals surface area contributed by atoms with Gasteiger partial charge >= 0.3 is 0 Å². The molecule has 1 rings (SSSR count). The molecule has 0 saturated carbocycles. The number of hydrogen-bond acceptors (Lipinski definition) is 3. The fourth-order valence-electron chi connectivity index (χ4n) is 1.18. The molecule has 0 bridgehead atoms. The van der Waals surface area contributed by atoms with Crippen LogP contribution in [0.5, 0.6) is 0 Å². The summed E-state index contributed by atoms with van der Waals surface area (Å²) in [5.41, 5.74) is 2.07. The van der Waals surface area contributed by atoms with Crippen LogP contribution in [-0.2, 0) is 4.74 Å². The molecule has 1 aliphatic rings. The van der Waals surface area contributed by atoms with E-state index in [2.05, 4.69) is 5.32 Å². The lowest BCUT2D eigenvalue weighted by atomic mass is 10.0. The maximum Gasteiger partial charge on any atom is 0.0727 e. The van der Waals surface area contributed by atoms with E-state index in [-0.39, 0.29) is 12.6 Å². The monoisotopic (exact) mass is 169 g/mol. The molecule has 1 heterocycles. The fraction of sp³-hybridized carbons (Fsp3) is 0.556. The zero-order valence-corrected chi connectivity index (χ0v) is 7.50. The first kappa shape index (κ1) is 9.29. The standard InChI is InChI=1S/C9H15NO2/c1-7-9(5-11)3-8(4-10-7)6-12-2/h3-4,7,10-11H,5-6H2,1-2H3. The molecular weight excluding hydrogens is 154 g/mol. The number of rotatable bonds is 3. The quantitative estimate of drug-likeness (QED) is 0.643. The van der Waals surface area contributed by atoms with E-state index in [1.165, 1.54) is 0 Å². The minimum Gasteiger partial charge on any atom is -0.392 e. The zero-order chi connectivity index (χ0) is 8.97. The highest BCUT2D eigenvalue weighted by molar-refractivity contribution is 5.31. The lowest BCUT2D eigenvalue weighted by Crippen LogP contribution is -2.28. The third kappa shape index (κ3) is 2.09. The molecule has 3 nitrogen and oxygen atoms in total. The van der Waals surface area contributed by atoms with Crippen LogP contribution in [0.4, 0.5) is 0 Å². The van der Waals surface area contributed by atoms with Gasteiger partial charge in [-0.25, -0.2) is 0 Å². The van der Waals surface area contributed by atoms with E-state index in [1.54, 1.807) is 7.11 Å². The first-order chi connectivity index (χ1) is 5.77. The Morgan fingerprint density at radius 2 is 2.42 bits per heavy atom. The molecule has 0 aromatic heterocycles. The van der Waals surface area contributed by atoms with Gasteiger partial charge in [-0.3, -0.25) is 0 Å². The molecule has 2 N–H and O–H groups in total. The summed E-state index contributed by atoms with van der Waals surface area (Å²) >= 11 is 0. The SMILES string of the molecule is COCC1=CNC(C)C(CO)=C1. The first-order valence-electron chi connectivity index (χ1n) is 4.03. The molecule has 1 atom stereocenters. The molecular formula is C9H15NO2. The van der Waals surface area contributed by atoms with E-state index in [9.17, 15) is 0 Å². The van der Waals surface area contributed by atoms with E-state index >= 15 is 0 Å². The van der Waals surface area contributed by atoms with Gasteiger partial charge in [0.2, 0.25) is 0 Å². The Kier molecular flexibility index (Phi) is 3.31. The van der Waals surface area contributed by atoms with Crippen molar-refractivity contribution < 1.29 is 9.84 Å². The van der Waals surface area contributed by atoms with Gasteiger partial charge in [-0.05, 0) is 18.1 Å². The van der Waals surface area contributed by atoms with Crippen molar-refractivity contribution in [3.63, 3.8) is 0 Å². The maximum absolute atomic E-state index is 8.97. The van der Waals surface area contributed by atoms with Gasteiger partial charge in [0.1, 0.15) is 0 Å². The molecule has 1 unspecified atom stereocenters. The van der Waals surface area contributed by atoms with Crippen LogP contribution in [0, 0.1) is 0 Å². The van der Waals surface area contributed by atoms with Gasteiger partial charge in [0.05, 0.1) is 13.2 Å². The Balaban J connectivity index is 2.63. The van der Waals surface area contributed by atoms with E-state index in [4.69, 9.17) is 9.84 Å². The minimum absolute atomic E-state index is 0.106. The summed E-state index contributed by atoms with van der Waals surface area (Å²) in [5.74, 6) is 0. The summed E-state index contributed by atoms with van der Waals surface area (Å²) in [6, 6.07) is 0.232. The van der Waals surface area contributed by atoms with Crippen molar-refractivity contribution in [1.82, 2.24) is 5.32 Å². The lowest BCUT2D eigenvalue weighted by molar-refractivity contribution is 0.227. The highest BCUT2D eigenvalue weighted by Crippen LogP contribution is 2.11. The van der Waals surface area contributed by atoms with Crippen LogP contribution in [0.25, 0.3) is 0 Å². The zero-order valence-electron chi connectivity index (χ0n) is 7.50. The van der Waals surface area contributed by atoms with E-state index in [1.807, 2.05) is 19.2 Å². The Labute approximate surface area is 72.7 Å². The van der Waals surface area contributed by atoms with Crippen LogP contribution in [0.15, 0.2) is 23.4 Å². The molecule has 68 valence electrons. The first-order valence-corrected chi connectivity index (χ1v) is 4.03. The van der Waals surface area contributed by atoms with E-state index < -0.39 is 0 Å². The number of aliphatic hydroxyl groups excluding tert-OH is 1. The van der Waals surface area contributed by atoms with Gasteiger partial charge in [-0.1, -0.05) is 6.08 Å². The summed E-state index contributed by atoms with van der Waals surface area (Å²) in [6.07, 6.45) is 3.90. The van der Waals surface area contributed by atoms with Crippen LogP contribution in [0.3, 0.4) is 0 Å². The summed E-state index contributed by atoms with van der Waals surface area (Å²) in [6.45, 7) is 2.71. The smallest absolute Gasteiger partial charge is 0.0727 e. The maximum atomic E-state index is 8.97. The number of methoxy groups -OCH3 is 1. The van der Waals surface area contributed by atoms with Crippen molar-refractivity contribution in [2.45, 2.75) is 13.0 Å². The topological polar surface area (TPSA) is 41.5 Å². The molecule has 0 spiro atoms. The summed E-state index contributed by atoms with van der Waals surface area (Å²) < 4.78 is 4.97. The predicted molar refractivity (Wildman–Crippen MR) is 47.7 cm³/mol. The molecule has 0 amide bonds. The molecule has 0 radical (unpaired) electrons. The number of nitrogens with one attached hydrogen (secondary N) is 1. The van der Waals surface area contributed by atoms with Crippen LogP contribution in [-0.4, -0.2) is 31.5 Å². The Morgan fingerprint density at radius 1 is 1.67 bits per heavy atom. The number of dihydropyridines is 1.